The Hall–Kier alpha value is -1.19. The van der Waals surface area contributed by atoms with Crippen LogP contribution >= 0.6 is 11.3 Å². The Labute approximate surface area is 112 Å². The summed E-state index contributed by atoms with van der Waals surface area (Å²) in [6, 6.07) is 9.11. The maximum atomic E-state index is 13.1. The Kier molecular flexibility index (Phi) is 4.50. The van der Waals surface area contributed by atoms with E-state index in [0.29, 0.717) is 0 Å². The third kappa shape index (κ3) is 3.18. The first-order valence-electron chi connectivity index (χ1n) is 6.24. The van der Waals surface area contributed by atoms with E-state index in [9.17, 15) is 4.39 Å². The summed E-state index contributed by atoms with van der Waals surface area (Å²) in [5.41, 5.74) is 2.39. The Morgan fingerprint density at radius 2 is 2.17 bits per heavy atom. The largest absolute Gasteiger partial charge is 0.305 e. The lowest BCUT2D eigenvalue weighted by Gasteiger charge is -2.14. The highest BCUT2D eigenvalue weighted by atomic mass is 32.1. The molecule has 0 aliphatic rings. The van der Waals surface area contributed by atoms with Gasteiger partial charge in [-0.3, -0.25) is 0 Å². The average Bonchev–Trinajstić information content (AvgIpc) is 2.83. The topological polar surface area (TPSA) is 12.0 Å². The summed E-state index contributed by atoms with van der Waals surface area (Å²) < 4.78 is 13.1. The van der Waals surface area contributed by atoms with E-state index in [4.69, 9.17) is 0 Å². The molecule has 2 rings (SSSR count). The second-order valence-electron chi connectivity index (χ2n) is 4.38. The van der Waals surface area contributed by atoms with Gasteiger partial charge in [0.1, 0.15) is 5.82 Å². The van der Waals surface area contributed by atoms with Gasteiger partial charge in [-0.2, -0.15) is 0 Å². The van der Waals surface area contributed by atoms with Crippen molar-refractivity contribution in [3.8, 4) is 0 Å². The lowest BCUT2D eigenvalue weighted by molar-refractivity contribution is 0.567. The molecule has 0 spiro atoms. The molecule has 0 saturated heterocycles. The predicted molar refractivity (Wildman–Crippen MR) is 75.4 cm³/mol. The number of hydrogen-bond acceptors (Lipinski definition) is 2. The van der Waals surface area contributed by atoms with Crippen LogP contribution in [0.1, 0.15) is 35.9 Å². The first-order valence-corrected chi connectivity index (χ1v) is 7.12. The fourth-order valence-corrected chi connectivity index (χ4v) is 2.90. The molecule has 1 atom stereocenters. The highest BCUT2D eigenvalue weighted by molar-refractivity contribution is 7.10. The van der Waals surface area contributed by atoms with Gasteiger partial charge in [0.2, 0.25) is 0 Å². The molecular formula is C15H18FNS. The standard InChI is InChI=1S/C15H18FNS/c1-3-12-7-8-18-15(12)10-17-11(2)13-5-4-6-14(16)9-13/h4-9,11,17H,3,10H2,1-2H3. The van der Waals surface area contributed by atoms with Crippen LogP contribution in [0.3, 0.4) is 0 Å². The van der Waals surface area contributed by atoms with Gasteiger partial charge in [-0.25, -0.2) is 4.39 Å². The first kappa shape index (κ1) is 13.2. The summed E-state index contributed by atoms with van der Waals surface area (Å²) in [4.78, 5) is 1.38. The van der Waals surface area contributed by atoms with Crippen LogP contribution in [0.25, 0.3) is 0 Å². The van der Waals surface area contributed by atoms with Crippen molar-refractivity contribution in [1.29, 1.82) is 0 Å². The van der Waals surface area contributed by atoms with E-state index < -0.39 is 0 Å². The van der Waals surface area contributed by atoms with Crippen LogP contribution < -0.4 is 5.32 Å². The van der Waals surface area contributed by atoms with E-state index in [1.807, 2.05) is 6.07 Å². The van der Waals surface area contributed by atoms with Gasteiger partial charge in [-0.1, -0.05) is 19.1 Å². The molecule has 18 heavy (non-hydrogen) atoms. The van der Waals surface area contributed by atoms with Crippen molar-refractivity contribution >= 4 is 11.3 Å². The molecule has 1 unspecified atom stereocenters. The van der Waals surface area contributed by atoms with E-state index in [2.05, 4.69) is 30.6 Å². The molecule has 0 bridgehead atoms. The smallest absolute Gasteiger partial charge is 0.123 e. The molecule has 2 aromatic rings. The van der Waals surface area contributed by atoms with Crippen molar-refractivity contribution in [3.05, 3.63) is 57.5 Å². The van der Waals surface area contributed by atoms with Gasteiger partial charge in [0.25, 0.3) is 0 Å². The van der Waals surface area contributed by atoms with Crippen LogP contribution in [-0.4, -0.2) is 0 Å². The lowest BCUT2D eigenvalue weighted by atomic mass is 10.1. The summed E-state index contributed by atoms with van der Waals surface area (Å²) in [6.07, 6.45) is 1.06. The number of rotatable bonds is 5. The third-order valence-corrected chi connectivity index (χ3v) is 4.10. The SMILES string of the molecule is CCc1ccsc1CNC(C)c1cccc(F)c1. The molecular weight excluding hydrogens is 245 g/mol. The van der Waals surface area contributed by atoms with E-state index >= 15 is 0 Å². The number of benzene rings is 1. The van der Waals surface area contributed by atoms with Gasteiger partial charge in [0.05, 0.1) is 0 Å². The second kappa shape index (κ2) is 6.12. The summed E-state index contributed by atoms with van der Waals surface area (Å²) in [6.45, 7) is 5.08. The van der Waals surface area contributed by atoms with Gasteiger partial charge in [0, 0.05) is 17.5 Å². The number of nitrogens with one attached hydrogen (secondary N) is 1. The summed E-state index contributed by atoms with van der Waals surface area (Å²) >= 11 is 1.78. The molecule has 96 valence electrons. The van der Waals surface area contributed by atoms with Gasteiger partial charge in [0.15, 0.2) is 0 Å². The van der Waals surface area contributed by atoms with E-state index in [1.54, 1.807) is 23.5 Å². The monoisotopic (exact) mass is 263 g/mol. The van der Waals surface area contributed by atoms with E-state index in [0.717, 1.165) is 18.5 Å². The Morgan fingerprint density at radius 3 is 2.89 bits per heavy atom. The molecule has 1 aromatic carbocycles. The van der Waals surface area contributed by atoms with Crippen LogP contribution in [0.15, 0.2) is 35.7 Å². The molecule has 1 heterocycles. The van der Waals surface area contributed by atoms with Gasteiger partial charge in [-0.15, -0.1) is 11.3 Å². The molecule has 1 N–H and O–H groups in total. The Bertz CT molecular complexity index is 507. The normalized spacial score (nSPS) is 12.6. The van der Waals surface area contributed by atoms with Crippen molar-refractivity contribution in [2.75, 3.05) is 0 Å². The minimum absolute atomic E-state index is 0.160. The van der Waals surface area contributed by atoms with Crippen molar-refractivity contribution in [1.82, 2.24) is 5.32 Å². The van der Waals surface area contributed by atoms with Crippen molar-refractivity contribution in [2.24, 2.45) is 0 Å². The third-order valence-electron chi connectivity index (χ3n) is 3.14. The predicted octanol–water partition coefficient (Wildman–Crippen LogP) is 4.30. The maximum absolute atomic E-state index is 13.1. The number of aryl methyl sites for hydroxylation is 1. The van der Waals surface area contributed by atoms with Crippen LogP contribution in [-0.2, 0) is 13.0 Å². The molecule has 1 nitrogen and oxygen atoms in total. The molecule has 0 amide bonds. The molecule has 0 aliphatic carbocycles. The van der Waals surface area contributed by atoms with Gasteiger partial charge < -0.3 is 5.32 Å². The molecule has 1 aromatic heterocycles. The molecule has 0 radical (unpaired) electrons. The molecule has 0 saturated carbocycles. The number of thiophene rings is 1. The number of halogens is 1. The fraction of sp³-hybridized carbons (Fsp3) is 0.333. The molecule has 0 aliphatic heterocycles. The van der Waals surface area contributed by atoms with Crippen molar-refractivity contribution < 1.29 is 4.39 Å². The Balaban J connectivity index is 1.98. The summed E-state index contributed by atoms with van der Waals surface area (Å²) in [7, 11) is 0. The van der Waals surface area contributed by atoms with Crippen LogP contribution in [0.2, 0.25) is 0 Å². The van der Waals surface area contributed by atoms with E-state index in [-0.39, 0.29) is 11.9 Å². The van der Waals surface area contributed by atoms with Crippen molar-refractivity contribution in [3.63, 3.8) is 0 Å². The summed E-state index contributed by atoms with van der Waals surface area (Å²) in [5, 5.41) is 5.57. The summed E-state index contributed by atoms with van der Waals surface area (Å²) in [5.74, 6) is -0.175. The zero-order chi connectivity index (χ0) is 13.0. The minimum Gasteiger partial charge on any atom is -0.305 e. The van der Waals surface area contributed by atoms with E-state index in [1.165, 1.54) is 16.5 Å². The second-order valence-corrected chi connectivity index (χ2v) is 5.38. The zero-order valence-corrected chi connectivity index (χ0v) is 11.6. The van der Waals surface area contributed by atoms with Gasteiger partial charge >= 0.3 is 0 Å². The average molecular weight is 263 g/mol. The first-order chi connectivity index (χ1) is 8.70. The highest BCUT2D eigenvalue weighted by Crippen LogP contribution is 2.19. The lowest BCUT2D eigenvalue weighted by Crippen LogP contribution is -2.18. The number of hydrogen-bond donors (Lipinski definition) is 1. The minimum atomic E-state index is -0.175. The quantitative estimate of drug-likeness (QED) is 0.848. The van der Waals surface area contributed by atoms with Crippen LogP contribution in [0.4, 0.5) is 4.39 Å². The van der Waals surface area contributed by atoms with Gasteiger partial charge in [-0.05, 0) is 48.1 Å². The molecule has 3 heteroatoms. The van der Waals surface area contributed by atoms with Crippen LogP contribution in [0, 0.1) is 5.82 Å². The maximum Gasteiger partial charge on any atom is 0.123 e. The van der Waals surface area contributed by atoms with Crippen molar-refractivity contribution in [2.45, 2.75) is 32.9 Å². The zero-order valence-electron chi connectivity index (χ0n) is 10.7. The fourth-order valence-electron chi connectivity index (χ4n) is 1.98. The van der Waals surface area contributed by atoms with Crippen LogP contribution in [0.5, 0.6) is 0 Å². The highest BCUT2D eigenvalue weighted by Gasteiger charge is 2.08. The Morgan fingerprint density at radius 1 is 1.33 bits per heavy atom. The molecule has 0 fully saturated rings.